The molecule has 21 heavy (non-hydrogen) atoms. The molecule has 2 heterocycles. The van der Waals surface area contributed by atoms with Crippen molar-refractivity contribution < 1.29 is 13.2 Å². The van der Waals surface area contributed by atoms with Crippen LogP contribution in [0.4, 0.5) is 13.2 Å². The minimum atomic E-state index is -4.40. The first kappa shape index (κ1) is 13.4. The SMILES string of the molecule is C=Cc1cnc2[nH]cc(-c3ccccc3C(F)(F)F)c2c1. The van der Waals surface area contributed by atoms with E-state index in [2.05, 4.69) is 16.5 Å². The fraction of sp³-hybridized carbons (Fsp3) is 0.0625. The highest BCUT2D eigenvalue weighted by molar-refractivity contribution is 5.95. The number of fused-ring (bicyclic) bond motifs is 1. The molecular formula is C16H11F3N2. The van der Waals surface area contributed by atoms with Crippen LogP contribution < -0.4 is 0 Å². The van der Waals surface area contributed by atoms with Gasteiger partial charge in [-0.1, -0.05) is 30.9 Å². The molecule has 0 aliphatic heterocycles. The van der Waals surface area contributed by atoms with E-state index in [0.29, 0.717) is 16.6 Å². The molecule has 0 aliphatic rings. The maximum atomic E-state index is 13.1. The van der Waals surface area contributed by atoms with Gasteiger partial charge in [-0.15, -0.1) is 0 Å². The third-order valence-corrected chi connectivity index (χ3v) is 3.31. The van der Waals surface area contributed by atoms with E-state index in [4.69, 9.17) is 0 Å². The lowest BCUT2D eigenvalue weighted by Crippen LogP contribution is -2.06. The monoisotopic (exact) mass is 288 g/mol. The number of hydrogen-bond donors (Lipinski definition) is 1. The molecule has 1 aromatic carbocycles. The second-order valence-corrected chi connectivity index (χ2v) is 4.61. The van der Waals surface area contributed by atoms with Crippen molar-refractivity contribution >= 4 is 17.1 Å². The average molecular weight is 288 g/mol. The Morgan fingerprint density at radius 1 is 1.14 bits per heavy atom. The molecule has 0 amide bonds. The number of halogens is 3. The summed E-state index contributed by atoms with van der Waals surface area (Å²) in [5.74, 6) is 0. The van der Waals surface area contributed by atoms with Crippen LogP contribution in [-0.4, -0.2) is 9.97 Å². The number of rotatable bonds is 2. The lowest BCUT2D eigenvalue weighted by molar-refractivity contribution is -0.137. The summed E-state index contributed by atoms with van der Waals surface area (Å²) in [6, 6.07) is 7.29. The molecule has 0 radical (unpaired) electrons. The summed E-state index contributed by atoms with van der Waals surface area (Å²) in [4.78, 5) is 7.09. The number of benzene rings is 1. The van der Waals surface area contributed by atoms with Gasteiger partial charge < -0.3 is 4.98 Å². The van der Waals surface area contributed by atoms with Crippen molar-refractivity contribution in [3.8, 4) is 11.1 Å². The van der Waals surface area contributed by atoms with Gasteiger partial charge in [0.1, 0.15) is 5.65 Å². The van der Waals surface area contributed by atoms with Gasteiger partial charge in [-0.25, -0.2) is 4.98 Å². The van der Waals surface area contributed by atoms with Gasteiger partial charge in [-0.3, -0.25) is 0 Å². The van der Waals surface area contributed by atoms with Crippen LogP contribution in [0.1, 0.15) is 11.1 Å². The molecule has 0 saturated heterocycles. The third-order valence-electron chi connectivity index (χ3n) is 3.31. The van der Waals surface area contributed by atoms with E-state index in [-0.39, 0.29) is 5.56 Å². The largest absolute Gasteiger partial charge is 0.417 e. The molecule has 1 N–H and O–H groups in total. The van der Waals surface area contributed by atoms with E-state index in [0.717, 1.165) is 11.6 Å². The first-order valence-corrected chi connectivity index (χ1v) is 6.27. The number of aromatic nitrogens is 2. The lowest BCUT2D eigenvalue weighted by Gasteiger charge is -2.12. The van der Waals surface area contributed by atoms with Gasteiger partial charge in [0.2, 0.25) is 0 Å². The molecule has 106 valence electrons. The quantitative estimate of drug-likeness (QED) is 0.714. The zero-order valence-electron chi connectivity index (χ0n) is 10.9. The van der Waals surface area contributed by atoms with Gasteiger partial charge in [-0.2, -0.15) is 13.2 Å². The van der Waals surface area contributed by atoms with Crippen molar-refractivity contribution in [1.29, 1.82) is 0 Å². The van der Waals surface area contributed by atoms with Gasteiger partial charge in [0.25, 0.3) is 0 Å². The molecule has 5 heteroatoms. The molecular weight excluding hydrogens is 277 g/mol. The molecule has 0 bridgehead atoms. The van der Waals surface area contributed by atoms with Gasteiger partial charge in [0.05, 0.1) is 5.56 Å². The van der Waals surface area contributed by atoms with Gasteiger partial charge in [-0.05, 0) is 23.3 Å². The Labute approximate surface area is 119 Å². The summed E-state index contributed by atoms with van der Waals surface area (Å²) in [5, 5.41) is 0.643. The van der Waals surface area contributed by atoms with Crippen LogP contribution in [0.2, 0.25) is 0 Å². The Kier molecular flexibility index (Phi) is 3.05. The highest BCUT2D eigenvalue weighted by Gasteiger charge is 2.33. The van der Waals surface area contributed by atoms with E-state index >= 15 is 0 Å². The van der Waals surface area contributed by atoms with E-state index in [1.165, 1.54) is 12.1 Å². The van der Waals surface area contributed by atoms with Gasteiger partial charge in [0, 0.05) is 23.3 Å². The molecule has 0 unspecified atom stereocenters. The van der Waals surface area contributed by atoms with E-state index in [9.17, 15) is 13.2 Å². The van der Waals surface area contributed by atoms with E-state index < -0.39 is 11.7 Å². The van der Waals surface area contributed by atoms with Crippen molar-refractivity contribution in [1.82, 2.24) is 9.97 Å². The first-order valence-electron chi connectivity index (χ1n) is 6.27. The Balaban J connectivity index is 2.29. The predicted molar refractivity (Wildman–Crippen MR) is 76.6 cm³/mol. The van der Waals surface area contributed by atoms with Crippen LogP contribution in [0, 0.1) is 0 Å². The van der Waals surface area contributed by atoms with Gasteiger partial charge >= 0.3 is 6.18 Å². The maximum Gasteiger partial charge on any atom is 0.417 e. The summed E-state index contributed by atoms with van der Waals surface area (Å²) >= 11 is 0. The minimum absolute atomic E-state index is 0.138. The van der Waals surface area contributed by atoms with Crippen molar-refractivity contribution in [2.24, 2.45) is 0 Å². The number of nitrogens with one attached hydrogen (secondary N) is 1. The minimum Gasteiger partial charge on any atom is -0.346 e. The molecule has 2 aromatic heterocycles. The molecule has 0 fully saturated rings. The molecule has 0 spiro atoms. The Morgan fingerprint density at radius 3 is 2.62 bits per heavy atom. The highest BCUT2D eigenvalue weighted by atomic mass is 19.4. The third kappa shape index (κ3) is 2.31. The molecule has 0 aliphatic carbocycles. The van der Waals surface area contributed by atoms with Crippen LogP contribution in [0.25, 0.3) is 28.2 Å². The molecule has 0 atom stereocenters. The smallest absolute Gasteiger partial charge is 0.346 e. The Morgan fingerprint density at radius 2 is 1.90 bits per heavy atom. The standard InChI is InChI=1S/C16H11F3N2/c1-2-10-7-12-13(9-21-15(12)20-8-10)11-5-3-4-6-14(11)16(17,18)19/h2-9H,1H2,(H,20,21). The summed E-state index contributed by atoms with van der Waals surface area (Å²) in [5.41, 5.74) is 1.27. The van der Waals surface area contributed by atoms with Crippen LogP contribution >= 0.6 is 0 Å². The molecule has 0 saturated carbocycles. The number of pyridine rings is 1. The van der Waals surface area contributed by atoms with Crippen molar-refractivity contribution in [3.63, 3.8) is 0 Å². The van der Waals surface area contributed by atoms with Gasteiger partial charge in [0.15, 0.2) is 0 Å². The van der Waals surface area contributed by atoms with Crippen LogP contribution in [-0.2, 0) is 6.18 Å². The van der Waals surface area contributed by atoms with Crippen LogP contribution in [0.3, 0.4) is 0 Å². The molecule has 2 nitrogen and oxygen atoms in total. The number of alkyl halides is 3. The summed E-state index contributed by atoms with van der Waals surface area (Å²) in [6.45, 7) is 3.65. The van der Waals surface area contributed by atoms with Crippen molar-refractivity contribution in [3.05, 3.63) is 60.4 Å². The number of nitrogens with zero attached hydrogens (tertiary/aromatic N) is 1. The summed E-state index contributed by atoms with van der Waals surface area (Å²) < 4.78 is 39.4. The number of H-pyrrole nitrogens is 1. The second-order valence-electron chi connectivity index (χ2n) is 4.61. The first-order chi connectivity index (χ1) is 10.0. The zero-order chi connectivity index (χ0) is 15.0. The second kappa shape index (κ2) is 4.77. The van der Waals surface area contributed by atoms with Crippen molar-refractivity contribution in [2.75, 3.05) is 0 Å². The molecule has 3 rings (SSSR count). The highest BCUT2D eigenvalue weighted by Crippen LogP contribution is 2.39. The van der Waals surface area contributed by atoms with E-state index in [1.54, 1.807) is 30.6 Å². The molecule has 3 aromatic rings. The topological polar surface area (TPSA) is 28.7 Å². The van der Waals surface area contributed by atoms with E-state index in [1.807, 2.05) is 0 Å². The summed E-state index contributed by atoms with van der Waals surface area (Å²) in [7, 11) is 0. The predicted octanol–water partition coefficient (Wildman–Crippen LogP) is 4.89. The van der Waals surface area contributed by atoms with Crippen LogP contribution in [0.15, 0.2) is 49.3 Å². The Hall–Kier alpha value is -2.56. The Bertz CT molecular complexity index is 816. The zero-order valence-corrected chi connectivity index (χ0v) is 10.9. The maximum absolute atomic E-state index is 13.1. The lowest BCUT2D eigenvalue weighted by atomic mass is 9.99. The van der Waals surface area contributed by atoms with Crippen molar-refractivity contribution in [2.45, 2.75) is 6.18 Å². The normalized spacial score (nSPS) is 11.8. The fourth-order valence-electron chi connectivity index (χ4n) is 2.32. The average Bonchev–Trinajstić information content (AvgIpc) is 2.89. The number of aromatic amines is 1. The fourth-order valence-corrected chi connectivity index (χ4v) is 2.32. The summed E-state index contributed by atoms with van der Waals surface area (Å²) in [6.07, 6.45) is 0.378. The van der Waals surface area contributed by atoms with Crippen LogP contribution in [0.5, 0.6) is 0 Å². The number of hydrogen-bond acceptors (Lipinski definition) is 1.